The number of aryl methyl sites for hydroxylation is 2. The molecule has 0 amide bonds. The summed E-state index contributed by atoms with van der Waals surface area (Å²) in [6.07, 6.45) is -0.788. The monoisotopic (exact) mass is 318 g/mol. The molecule has 3 rings (SSSR count). The molecule has 114 valence electrons. The van der Waals surface area contributed by atoms with Crippen molar-refractivity contribution in [2.24, 2.45) is 0 Å². The van der Waals surface area contributed by atoms with Crippen LogP contribution < -0.4 is 14.2 Å². The third kappa shape index (κ3) is 2.88. The predicted molar refractivity (Wildman–Crippen MR) is 82.9 cm³/mol. The van der Waals surface area contributed by atoms with Gasteiger partial charge in [0.2, 0.25) is 6.10 Å². The van der Waals surface area contributed by atoms with Crippen molar-refractivity contribution in [1.82, 2.24) is 0 Å². The van der Waals surface area contributed by atoms with Gasteiger partial charge >= 0.3 is 5.97 Å². The summed E-state index contributed by atoms with van der Waals surface area (Å²) >= 11 is 5.98. The lowest BCUT2D eigenvalue weighted by Gasteiger charge is -2.25. The van der Waals surface area contributed by atoms with Crippen LogP contribution in [-0.4, -0.2) is 18.7 Å². The minimum absolute atomic E-state index is 0.127. The molecule has 0 radical (unpaired) electrons. The van der Waals surface area contributed by atoms with E-state index >= 15 is 0 Å². The molecular weight excluding hydrogens is 304 g/mol. The van der Waals surface area contributed by atoms with Crippen molar-refractivity contribution in [3.05, 3.63) is 52.5 Å². The molecule has 4 nitrogen and oxygen atoms in total. The van der Waals surface area contributed by atoms with Gasteiger partial charge in [-0.05, 0) is 49.2 Å². The number of ether oxygens (including phenoxy) is 3. The van der Waals surface area contributed by atoms with E-state index in [1.807, 2.05) is 26.0 Å². The molecule has 1 atom stereocenters. The molecule has 2 aromatic carbocycles. The van der Waals surface area contributed by atoms with Crippen LogP contribution in [-0.2, 0) is 4.79 Å². The average Bonchev–Trinajstić information content (AvgIpc) is 2.50. The molecule has 0 N–H and O–H groups in total. The standard InChI is InChI=1S/C17H15ClO4/c1-10-7-12(18)8-11(2)16(10)22-17(19)15-9-20-13-5-3-4-6-14(13)21-15/h3-8,15H,9H2,1-2H3/t15-/m0/s1. The first-order chi connectivity index (χ1) is 10.5. The van der Waals surface area contributed by atoms with E-state index in [9.17, 15) is 4.79 Å². The first-order valence-corrected chi connectivity index (χ1v) is 7.29. The van der Waals surface area contributed by atoms with Gasteiger partial charge in [0.15, 0.2) is 11.5 Å². The van der Waals surface area contributed by atoms with Gasteiger partial charge in [0, 0.05) is 5.02 Å². The van der Waals surface area contributed by atoms with Crippen LogP contribution in [0.3, 0.4) is 0 Å². The Labute approximate surface area is 133 Å². The number of carbonyl (C=O) groups is 1. The number of esters is 1. The molecule has 1 aliphatic heterocycles. The highest BCUT2D eigenvalue weighted by Gasteiger charge is 2.29. The predicted octanol–water partition coefficient (Wildman–Crippen LogP) is 3.70. The summed E-state index contributed by atoms with van der Waals surface area (Å²) in [6.45, 7) is 3.81. The Morgan fingerprint density at radius 2 is 1.82 bits per heavy atom. The van der Waals surface area contributed by atoms with Crippen molar-refractivity contribution in [1.29, 1.82) is 0 Å². The Bertz CT molecular complexity index is 703. The molecular formula is C17H15ClO4. The van der Waals surface area contributed by atoms with Crippen molar-refractivity contribution >= 4 is 17.6 Å². The van der Waals surface area contributed by atoms with E-state index in [1.54, 1.807) is 24.3 Å². The first-order valence-electron chi connectivity index (χ1n) is 6.91. The number of benzene rings is 2. The molecule has 1 heterocycles. The third-order valence-corrected chi connectivity index (χ3v) is 3.62. The van der Waals surface area contributed by atoms with Gasteiger partial charge in [0.1, 0.15) is 12.4 Å². The van der Waals surface area contributed by atoms with Crippen molar-refractivity contribution < 1.29 is 19.0 Å². The fourth-order valence-electron chi connectivity index (χ4n) is 2.36. The Morgan fingerprint density at radius 1 is 1.18 bits per heavy atom. The third-order valence-electron chi connectivity index (χ3n) is 3.40. The smallest absolute Gasteiger partial charge is 0.356 e. The van der Waals surface area contributed by atoms with Crippen molar-refractivity contribution in [2.75, 3.05) is 6.61 Å². The molecule has 0 saturated heterocycles. The first kappa shape index (κ1) is 14.7. The highest BCUT2D eigenvalue weighted by Crippen LogP contribution is 2.32. The van der Waals surface area contributed by atoms with E-state index in [-0.39, 0.29) is 6.61 Å². The number of hydrogen-bond donors (Lipinski definition) is 0. The van der Waals surface area contributed by atoms with E-state index in [1.165, 1.54) is 0 Å². The van der Waals surface area contributed by atoms with Gasteiger partial charge in [-0.3, -0.25) is 0 Å². The van der Waals surface area contributed by atoms with E-state index in [2.05, 4.69) is 0 Å². The molecule has 0 aromatic heterocycles. The lowest BCUT2D eigenvalue weighted by molar-refractivity contribution is -0.144. The Kier molecular flexibility index (Phi) is 3.94. The molecule has 2 aromatic rings. The van der Waals surface area contributed by atoms with Crippen molar-refractivity contribution in [3.63, 3.8) is 0 Å². The van der Waals surface area contributed by atoms with E-state index < -0.39 is 12.1 Å². The maximum absolute atomic E-state index is 12.3. The van der Waals surface area contributed by atoms with Crippen molar-refractivity contribution in [3.8, 4) is 17.2 Å². The number of carbonyl (C=O) groups excluding carboxylic acids is 1. The average molecular weight is 319 g/mol. The number of rotatable bonds is 2. The zero-order chi connectivity index (χ0) is 15.7. The maximum atomic E-state index is 12.3. The van der Waals surface area contributed by atoms with Crippen LogP contribution in [0.5, 0.6) is 17.2 Å². The summed E-state index contributed by atoms with van der Waals surface area (Å²) in [5, 5.41) is 0.612. The molecule has 0 aliphatic carbocycles. The van der Waals surface area contributed by atoms with Gasteiger partial charge in [0.25, 0.3) is 0 Å². The fraction of sp³-hybridized carbons (Fsp3) is 0.235. The Hall–Kier alpha value is -2.20. The van der Waals surface area contributed by atoms with Crippen LogP contribution in [0.4, 0.5) is 0 Å². The van der Waals surface area contributed by atoms with Crippen LogP contribution in [0.2, 0.25) is 5.02 Å². The van der Waals surface area contributed by atoms with E-state index in [0.717, 1.165) is 11.1 Å². The van der Waals surface area contributed by atoms with Gasteiger partial charge < -0.3 is 14.2 Å². The quantitative estimate of drug-likeness (QED) is 0.625. The summed E-state index contributed by atoms with van der Waals surface area (Å²) in [7, 11) is 0. The Morgan fingerprint density at radius 3 is 2.50 bits per heavy atom. The van der Waals surface area contributed by atoms with E-state index in [4.69, 9.17) is 25.8 Å². The summed E-state index contributed by atoms with van der Waals surface area (Å²) in [5.74, 6) is 1.20. The topological polar surface area (TPSA) is 44.8 Å². The second-order valence-electron chi connectivity index (χ2n) is 5.15. The molecule has 0 bridgehead atoms. The minimum atomic E-state index is -0.788. The highest BCUT2D eigenvalue weighted by atomic mass is 35.5. The largest absolute Gasteiger partial charge is 0.485 e. The molecule has 0 unspecified atom stereocenters. The SMILES string of the molecule is Cc1cc(Cl)cc(C)c1OC(=O)[C@@H]1COc2ccccc2O1. The molecule has 0 spiro atoms. The van der Waals surface area contributed by atoms with Crippen LogP contribution in [0.1, 0.15) is 11.1 Å². The summed E-state index contributed by atoms with van der Waals surface area (Å²) in [5.41, 5.74) is 1.60. The number of halogens is 1. The molecule has 0 saturated carbocycles. The van der Waals surface area contributed by atoms with Crippen molar-refractivity contribution in [2.45, 2.75) is 20.0 Å². The summed E-state index contributed by atoms with van der Waals surface area (Å²) < 4.78 is 16.7. The zero-order valence-corrected chi connectivity index (χ0v) is 13.0. The maximum Gasteiger partial charge on any atom is 0.356 e. The van der Waals surface area contributed by atoms with Crippen LogP contribution >= 0.6 is 11.6 Å². The molecule has 1 aliphatic rings. The molecule has 22 heavy (non-hydrogen) atoms. The minimum Gasteiger partial charge on any atom is -0.485 e. The van der Waals surface area contributed by atoms with Crippen LogP contribution in [0.25, 0.3) is 0 Å². The van der Waals surface area contributed by atoms with Gasteiger partial charge in [-0.15, -0.1) is 0 Å². The summed E-state index contributed by atoms with van der Waals surface area (Å²) in [6, 6.07) is 10.7. The second-order valence-corrected chi connectivity index (χ2v) is 5.59. The number of fused-ring (bicyclic) bond motifs is 1. The van der Waals surface area contributed by atoms with Gasteiger partial charge in [-0.25, -0.2) is 4.79 Å². The lowest BCUT2D eigenvalue weighted by atomic mass is 10.1. The fourth-order valence-corrected chi connectivity index (χ4v) is 2.69. The summed E-state index contributed by atoms with van der Waals surface area (Å²) in [4.78, 5) is 12.3. The van der Waals surface area contributed by atoms with Gasteiger partial charge in [-0.2, -0.15) is 0 Å². The van der Waals surface area contributed by atoms with Crippen LogP contribution in [0, 0.1) is 13.8 Å². The second kappa shape index (κ2) is 5.89. The molecule has 0 fully saturated rings. The number of hydrogen-bond acceptors (Lipinski definition) is 4. The zero-order valence-electron chi connectivity index (χ0n) is 12.3. The lowest BCUT2D eigenvalue weighted by Crippen LogP contribution is -2.39. The van der Waals surface area contributed by atoms with E-state index in [0.29, 0.717) is 22.3 Å². The normalized spacial score (nSPS) is 16.2. The highest BCUT2D eigenvalue weighted by molar-refractivity contribution is 6.30. The van der Waals surface area contributed by atoms with Gasteiger partial charge in [-0.1, -0.05) is 23.7 Å². The molecule has 5 heteroatoms. The Balaban J connectivity index is 1.77. The number of para-hydroxylation sites is 2. The van der Waals surface area contributed by atoms with Gasteiger partial charge in [0.05, 0.1) is 0 Å². The van der Waals surface area contributed by atoms with Crippen LogP contribution in [0.15, 0.2) is 36.4 Å².